The molecule has 1 rings (SSSR count). The fourth-order valence-electron chi connectivity index (χ4n) is 1.68. The summed E-state index contributed by atoms with van der Waals surface area (Å²) in [4.78, 5) is 18.3. The van der Waals surface area contributed by atoms with Crippen molar-refractivity contribution in [2.45, 2.75) is 45.5 Å². The molecule has 0 fully saturated rings. The van der Waals surface area contributed by atoms with Crippen LogP contribution in [0.5, 0.6) is 0 Å². The highest BCUT2D eigenvalue weighted by Crippen LogP contribution is 2.14. The summed E-state index contributed by atoms with van der Waals surface area (Å²) in [5.41, 5.74) is 0.853. The maximum atomic E-state index is 12.1. The topological polar surface area (TPSA) is 33.2 Å². The molecule has 1 heterocycles. The highest BCUT2D eigenvalue weighted by Gasteiger charge is 2.18. The minimum Gasteiger partial charge on any atom is -0.340 e. The molecule has 0 bridgehead atoms. The van der Waals surface area contributed by atoms with Crippen LogP contribution < -0.4 is 0 Å². The van der Waals surface area contributed by atoms with E-state index in [1.807, 2.05) is 17.2 Å². The molecule has 1 aromatic heterocycles. The summed E-state index contributed by atoms with van der Waals surface area (Å²) in [5.74, 6) is 0.561. The van der Waals surface area contributed by atoms with E-state index < -0.39 is 0 Å². The van der Waals surface area contributed by atoms with Crippen LogP contribution in [-0.2, 0) is 17.1 Å². The van der Waals surface area contributed by atoms with Gasteiger partial charge in [0.25, 0.3) is 0 Å². The van der Waals surface area contributed by atoms with Crippen molar-refractivity contribution < 1.29 is 4.79 Å². The van der Waals surface area contributed by atoms with Crippen LogP contribution in [0.2, 0.25) is 0 Å². The molecule has 0 saturated heterocycles. The SMILES string of the molecule is CCC(C)N(CC)C(=O)Cc1nc(CCl)cs1. The van der Waals surface area contributed by atoms with Gasteiger partial charge in [0.15, 0.2) is 0 Å². The molecule has 1 unspecified atom stereocenters. The van der Waals surface area contributed by atoms with E-state index >= 15 is 0 Å². The number of rotatable bonds is 6. The van der Waals surface area contributed by atoms with E-state index in [4.69, 9.17) is 11.6 Å². The summed E-state index contributed by atoms with van der Waals surface area (Å²) in [5, 5.41) is 2.77. The smallest absolute Gasteiger partial charge is 0.229 e. The molecular formula is C12H19ClN2OS. The van der Waals surface area contributed by atoms with Crippen molar-refractivity contribution in [2.24, 2.45) is 0 Å². The first-order valence-electron chi connectivity index (χ1n) is 5.91. The maximum Gasteiger partial charge on any atom is 0.229 e. The van der Waals surface area contributed by atoms with Gasteiger partial charge in [0.1, 0.15) is 5.01 Å². The predicted molar refractivity (Wildman–Crippen MR) is 72.5 cm³/mol. The number of nitrogens with zero attached hydrogens (tertiary/aromatic N) is 2. The minimum atomic E-state index is 0.150. The lowest BCUT2D eigenvalue weighted by Crippen LogP contribution is -2.39. The van der Waals surface area contributed by atoms with Crippen LogP contribution in [0.15, 0.2) is 5.38 Å². The molecule has 96 valence electrons. The average molecular weight is 275 g/mol. The molecule has 1 aromatic rings. The lowest BCUT2D eigenvalue weighted by Gasteiger charge is -2.26. The van der Waals surface area contributed by atoms with Crippen LogP contribution >= 0.6 is 22.9 Å². The van der Waals surface area contributed by atoms with E-state index in [1.165, 1.54) is 11.3 Å². The molecule has 5 heteroatoms. The standard InChI is InChI=1S/C12H19ClN2OS/c1-4-9(3)15(5-2)12(16)6-11-14-10(7-13)8-17-11/h8-9H,4-7H2,1-3H3. The molecule has 1 atom stereocenters. The molecule has 1 amide bonds. The van der Waals surface area contributed by atoms with Gasteiger partial charge in [0.2, 0.25) is 5.91 Å². The molecular weight excluding hydrogens is 256 g/mol. The van der Waals surface area contributed by atoms with Gasteiger partial charge in [-0.15, -0.1) is 22.9 Å². The van der Waals surface area contributed by atoms with Crippen molar-refractivity contribution in [1.82, 2.24) is 9.88 Å². The zero-order valence-corrected chi connectivity index (χ0v) is 12.1. The predicted octanol–water partition coefficient (Wildman–Crippen LogP) is 3.07. The number of halogens is 1. The summed E-state index contributed by atoms with van der Waals surface area (Å²) in [7, 11) is 0. The number of hydrogen-bond donors (Lipinski definition) is 0. The molecule has 0 radical (unpaired) electrons. The van der Waals surface area contributed by atoms with E-state index in [9.17, 15) is 4.79 Å². The Morgan fingerprint density at radius 3 is 2.76 bits per heavy atom. The second-order valence-corrected chi connectivity index (χ2v) is 5.19. The molecule has 0 spiro atoms. The van der Waals surface area contributed by atoms with Crippen molar-refractivity contribution in [3.8, 4) is 0 Å². The third-order valence-corrected chi connectivity index (χ3v) is 3.99. The summed E-state index contributed by atoms with van der Waals surface area (Å²) >= 11 is 7.19. The van der Waals surface area contributed by atoms with Crippen molar-refractivity contribution in [3.63, 3.8) is 0 Å². The van der Waals surface area contributed by atoms with E-state index in [2.05, 4.69) is 18.8 Å². The van der Waals surface area contributed by atoms with Crippen molar-refractivity contribution in [2.75, 3.05) is 6.54 Å². The Morgan fingerprint density at radius 1 is 1.59 bits per heavy atom. The van der Waals surface area contributed by atoms with E-state index in [1.54, 1.807) is 0 Å². The van der Waals surface area contributed by atoms with Gasteiger partial charge in [-0.3, -0.25) is 4.79 Å². The highest BCUT2D eigenvalue weighted by molar-refractivity contribution is 7.09. The van der Waals surface area contributed by atoms with Gasteiger partial charge in [-0.25, -0.2) is 4.98 Å². The molecule has 0 N–H and O–H groups in total. The van der Waals surface area contributed by atoms with Crippen molar-refractivity contribution in [1.29, 1.82) is 0 Å². The first-order valence-corrected chi connectivity index (χ1v) is 7.32. The van der Waals surface area contributed by atoms with Crippen molar-refractivity contribution >= 4 is 28.8 Å². The number of carbonyl (C=O) groups excluding carboxylic acids is 1. The van der Waals surface area contributed by atoms with Gasteiger partial charge < -0.3 is 4.90 Å². The van der Waals surface area contributed by atoms with E-state index in [0.717, 1.165) is 23.7 Å². The number of likely N-dealkylation sites (N-methyl/N-ethyl adjacent to an activating group) is 1. The number of amides is 1. The van der Waals surface area contributed by atoms with Crippen molar-refractivity contribution in [3.05, 3.63) is 16.1 Å². The lowest BCUT2D eigenvalue weighted by atomic mass is 10.2. The van der Waals surface area contributed by atoms with Crippen LogP contribution in [0.25, 0.3) is 0 Å². The zero-order chi connectivity index (χ0) is 12.8. The van der Waals surface area contributed by atoms with Gasteiger partial charge in [-0.1, -0.05) is 6.92 Å². The van der Waals surface area contributed by atoms with Crippen LogP contribution in [0, 0.1) is 0 Å². The third-order valence-electron chi connectivity index (χ3n) is 2.82. The molecule has 0 aliphatic rings. The monoisotopic (exact) mass is 274 g/mol. The summed E-state index contributed by atoms with van der Waals surface area (Å²) in [6, 6.07) is 0.292. The van der Waals surface area contributed by atoms with Gasteiger partial charge in [-0.05, 0) is 20.3 Å². The molecule has 17 heavy (non-hydrogen) atoms. The number of carbonyl (C=O) groups is 1. The second-order valence-electron chi connectivity index (χ2n) is 3.98. The first-order chi connectivity index (χ1) is 8.12. The van der Waals surface area contributed by atoms with Gasteiger partial charge >= 0.3 is 0 Å². The molecule has 0 aromatic carbocycles. The Hall–Kier alpha value is -0.610. The Bertz CT molecular complexity index is 367. The lowest BCUT2D eigenvalue weighted by molar-refractivity contribution is -0.132. The van der Waals surface area contributed by atoms with E-state index in [0.29, 0.717) is 18.3 Å². The maximum absolute atomic E-state index is 12.1. The van der Waals surface area contributed by atoms with Gasteiger partial charge in [-0.2, -0.15) is 0 Å². The Kier molecular flexibility index (Phi) is 5.92. The largest absolute Gasteiger partial charge is 0.340 e. The third kappa shape index (κ3) is 3.96. The van der Waals surface area contributed by atoms with Crippen LogP contribution in [0.1, 0.15) is 37.9 Å². The number of thiazole rings is 1. The normalized spacial score (nSPS) is 12.5. The summed E-state index contributed by atoms with van der Waals surface area (Å²) < 4.78 is 0. The van der Waals surface area contributed by atoms with E-state index in [-0.39, 0.29) is 5.91 Å². The molecule has 0 saturated carbocycles. The summed E-state index contributed by atoms with van der Waals surface area (Å²) in [6.07, 6.45) is 1.37. The average Bonchev–Trinajstić information content (AvgIpc) is 2.77. The van der Waals surface area contributed by atoms with Gasteiger partial charge in [0.05, 0.1) is 18.0 Å². The summed E-state index contributed by atoms with van der Waals surface area (Å²) in [6.45, 7) is 6.93. The molecule has 3 nitrogen and oxygen atoms in total. The zero-order valence-electron chi connectivity index (χ0n) is 10.6. The number of alkyl halides is 1. The van der Waals surface area contributed by atoms with Crippen LogP contribution in [0.3, 0.4) is 0 Å². The first kappa shape index (κ1) is 14.5. The highest BCUT2D eigenvalue weighted by atomic mass is 35.5. The van der Waals surface area contributed by atoms with Crippen LogP contribution in [0.4, 0.5) is 0 Å². The van der Waals surface area contributed by atoms with Crippen LogP contribution in [-0.4, -0.2) is 28.4 Å². The Labute approximate surface area is 112 Å². The number of aromatic nitrogens is 1. The molecule has 0 aliphatic heterocycles. The van der Waals surface area contributed by atoms with Gasteiger partial charge in [0, 0.05) is 18.0 Å². The Morgan fingerprint density at radius 2 is 2.29 bits per heavy atom. The second kappa shape index (κ2) is 6.97. The quantitative estimate of drug-likeness (QED) is 0.747. The fraction of sp³-hybridized carbons (Fsp3) is 0.667. The molecule has 0 aliphatic carbocycles. The number of hydrogen-bond acceptors (Lipinski definition) is 3. The Balaban J connectivity index is 2.63. The fourth-order valence-corrected chi connectivity index (χ4v) is 2.69. The minimum absolute atomic E-state index is 0.150.